The highest BCUT2D eigenvalue weighted by molar-refractivity contribution is 5.68. The number of rotatable bonds is 2. The Morgan fingerprint density at radius 2 is 1.71 bits per heavy atom. The summed E-state index contributed by atoms with van der Waals surface area (Å²) in [5.41, 5.74) is 15.9. The van der Waals surface area contributed by atoms with E-state index in [1.54, 1.807) is 6.07 Å². The molecule has 2 aromatic heterocycles. The Hall–Kier alpha value is -2.89. The number of nitrogens with zero attached hydrogens (tertiary/aromatic N) is 4. The van der Waals surface area contributed by atoms with E-state index < -0.39 is 0 Å². The molecule has 0 radical (unpaired) electrons. The molecule has 0 saturated heterocycles. The summed E-state index contributed by atoms with van der Waals surface area (Å²) in [4.78, 5) is 8.17. The fourth-order valence-electron chi connectivity index (χ4n) is 2.45. The van der Waals surface area contributed by atoms with Gasteiger partial charge in [0.25, 0.3) is 0 Å². The van der Waals surface area contributed by atoms with Crippen molar-refractivity contribution in [3.63, 3.8) is 0 Å². The SMILES string of the molecule is Cc1nn(-c2ccccc2)c(C)c1-c1cc(N)nc(N)n1. The van der Waals surface area contributed by atoms with E-state index in [2.05, 4.69) is 15.1 Å². The lowest BCUT2D eigenvalue weighted by Crippen LogP contribution is -2.02. The van der Waals surface area contributed by atoms with Crippen molar-refractivity contribution in [2.24, 2.45) is 0 Å². The highest BCUT2D eigenvalue weighted by atomic mass is 15.3. The maximum atomic E-state index is 5.76. The molecule has 6 heteroatoms. The zero-order chi connectivity index (χ0) is 15.0. The smallest absolute Gasteiger partial charge is 0.222 e. The van der Waals surface area contributed by atoms with Crippen molar-refractivity contribution in [2.75, 3.05) is 11.5 Å². The van der Waals surface area contributed by atoms with Crippen LogP contribution in [0.4, 0.5) is 11.8 Å². The number of hydrogen-bond acceptors (Lipinski definition) is 5. The molecule has 0 saturated carbocycles. The molecule has 0 amide bonds. The maximum Gasteiger partial charge on any atom is 0.222 e. The van der Waals surface area contributed by atoms with Crippen molar-refractivity contribution in [1.82, 2.24) is 19.7 Å². The molecule has 4 N–H and O–H groups in total. The normalized spacial score (nSPS) is 10.8. The number of para-hydroxylation sites is 1. The zero-order valence-electron chi connectivity index (χ0n) is 11.9. The van der Waals surface area contributed by atoms with Gasteiger partial charge in [0.05, 0.1) is 22.8 Å². The minimum Gasteiger partial charge on any atom is -0.384 e. The van der Waals surface area contributed by atoms with Gasteiger partial charge < -0.3 is 11.5 Å². The van der Waals surface area contributed by atoms with Crippen LogP contribution in [0.5, 0.6) is 0 Å². The van der Waals surface area contributed by atoms with Gasteiger partial charge in [-0.05, 0) is 26.0 Å². The summed E-state index contributed by atoms with van der Waals surface area (Å²) in [6, 6.07) is 11.7. The number of nitrogen functional groups attached to an aromatic ring is 2. The topological polar surface area (TPSA) is 95.6 Å². The second-order valence-electron chi connectivity index (χ2n) is 4.83. The number of benzene rings is 1. The van der Waals surface area contributed by atoms with Crippen LogP contribution in [0.15, 0.2) is 36.4 Å². The molecule has 0 unspecified atom stereocenters. The number of anilines is 2. The van der Waals surface area contributed by atoms with Crippen LogP contribution in [0.3, 0.4) is 0 Å². The van der Waals surface area contributed by atoms with Crippen molar-refractivity contribution < 1.29 is 0 Å². The molecule has 0 fully saturated rings. The molecule has 0 aliphatic heterocycles. The van der Waals surface area contributed by atoms with Gasteiger partial charge in [0.15, 0.2) is 0 Å². The van der Waals surface area contributed by atoms with Gasteiger partial charge in [-0.3, -0.25) is 0 Å². The van der Waals surface area contributed by atoms with Crippen LogP contribution in [0.25, 0.3) is 16.9 Å². The Kier molecular flexibility index (Phi) is 3.06. The van der Waals surface area contributed by atoms with E-state index in [0.29, 0.717) is 11.5 Å². The average Bonchev–Trinajstić information content (AvgIpc) is 2.74. The summed E-state index contributed by atoms with van der Waals surface area (Å²) < 4.78 is 1.89. The van der Waals surface area contributed by atoms with Gasteiger partial charge in [0, 0.05) is 11.6 Å². The van der Waals surface area contributed by atoms with Crippen molar-refractivity contribution >= 4 is 11.8 Å². The highest BCUT2D eigenvalue weighted by Gasteiger charge is 2.16. The Morgan fingerprint density at radius 1 is 1.00 bits per heavy atom. The Labute approximate surface area is 122 Å². The number of nitrogens with two attached hydrogens (primary N) is 2. The van der Waals surface area contributed by atoms with Crippen molar-refractivity contribution in [3.8, 4) is 16.9 Å². The summed E-state index contributed by atoms with van der Waals surface area (Å²) >= 11 is 0. The van der Waals surface area contributed by atoms with Gasteiger partial charge in [-0.25, -0.2) is 9.67 Å². The lowest BCUT2D eigenvalue weighted by atomic mass is 10.1. The Morgan fingerprint density at radius 3 is 2.38 bits per heavy atom. The minimum absolute atomic E-state index is 0.163. The highest BCUT2D eigenvalue weighted by Crippen LogP contribution is 2.28. The van der Waals surface area contributed by atoms with Gasteiger partial charge >= 0.3 is 0 Å². The van der Waals surface area contributed by atoms with E-state index in [-0.39, 0.29) is 5.95 Å². The van der Waals surface area contributed by atoms with Crippen LogP contribution in [0, 0.1) is 13.8 Å². The van der Waals surface area contributed by atoms with E-state index in [1.807, 2.05) is 48.9 Å². The molecule has 3 rings (SSSR count). The molecule has 2 heterocycles. The second-order valence-corrected chi connectivity index (χ2v) is 4.83. The first-order valence-corrected chi connectivity index (χ1v) is 6.58. The summed E-state index contributed by atoms with van der Waals surface area (Å²) in [6.07, 6.45) is 0. The van der Waals surface area contributed by atoms with Crippen LogP contribution in [-0.4, -0.2) is 19.7 Å². The van der Waals surface area contributed by atoms with E-state index in [1.165, 1.54) is 0 Å². The summed E-state index contributed by atoms with van der Waals surface area (Å²) in [5, 5.41) is 4.59. The third-order valence-electron chi connectivity index (χ3n) is 3.31. The molecule has 0 spiro atoms. The van der Waals surface area contributed by atoms with E-state index in [0.717, 1.165) is 22.6 Å². The van der Waals surface area contributed by atoms with Gasteiger partial charge in [0.1, 0.15) is 5.82 Å². The third-order valence-corrected chi connectivity index (χ3v) is 3.31. The molecule has 21 heavy (non-hydrogen) atoms. The van der Waals surface area contributed by atoms with Crippen LogP contribution in [0.2, 0.25) is 0 Å². The van der Waals surface area contributed by atoms with Crippen LogP contribution in [-0.2, 0) is 0 Å². The average molecular weight is 280 g/mol. The molecule has 0 bridgehead atoms. The minimum atomic E-state index is 0.163. The summed E-state index contributed by atoms with van der Waals surface area (Å²) in [7, 11) is 0. The van der Waals surface area contributed by atoms with E-state index >= 15 is 0 Å². The number of hydrogen-bond donors (Lipinski definition) is 2. The van der Waals surface area contributed by atoms with Gasteiger partial charge in [-0.15, -0.1) is 0 Å². The number of aromatic nitrogens is 4. The first kappa shape index (κ1) is 13.1. The molecule has 3 aromatic rings. The Bertz CT molecular complexity index is 771. The molecular formula is C15H16N6. The predicted octanol–water partition coefficient (Wildman–Crippen LogP) is 2.11. The monoisotopic (exact) mass is 280 g/mol. The maximum absolute atomic E-state index is 5.76. The van der Waals surface area contributed by atoms with Crippen LogP contribution in [0.1, 0.15) is 11.4 Å². The molecule has 1 aromatic carbocycles. The lowest BCUT2D eigenvalue weighted by molar-refractivity contribution is 0.834. The fourth-order valence-corrected chi connectivity index (χ4v) is 2.45. The standard InChI is InChI=1S/C15H16N6/c1-9-14(12-8-13(16)19-15(17)18-12)10(2)21(20-9)11-6-4-3-5-7-11/h3-8H,1-2H3,(H4,16,17,18,19). The zero-order valence-corrected chi connectivity index (χ0v) is 11.9. The van der Waals surface area contributed by atoms with Crippen LogP contribution >= 0.6 is 0 Å². The van der Waals surface area contributed by atoms with Crippen molar-refractivity contribution in [3.05, 3.63) is 47.8 Å². The summed E-state index contributed by atoms with van der Waals surface area (Å²) in [5.74, 6) is 0.514. The van der Waals surface area contributed by atoms with Gasteiger partial charge in [-0.2, -0.15) is 10.1 Å². The molecule has 0 aliphatic rings. The van der Waals surface area contributed by atoms with E-state index in [4.69, 9.17) is 11.5 Å². The fraction of sp³-hybridized carbons (Fsp3) is 0.133. The van der Waals surface area contributed by atoms with Crippen molar-refractivity contribution in [1.29, 1.82) is 0 Å². The first-order valence-electron chi connectivity index (χ1n) is 6.58. The predicted molar refractivity (Wildman–Crippen MR) is 82.9 cm³/mol. The molecule has 0 aliphatic carbocycles. The van der Waals surface area contributed by atoms with Gasteiger partial charge in [0.2, 0.25) is 5.95 Å². The molecule has 0 atom stereocenters. The van der Waals surface area contributed by atoms with E-state index in [9.17, 15) is 0 Å². The van der Waals surface area contributed by atoms with Crippen molar-refractivity contribution in [2.45, 2.75) is 13.8 Å². The third kappa shape index (κ3) is 2.31. The number of aryl methyl sites for hydroxylation is 1. The molecular weight excluding hydrogens is 264 g/mol. The molecule has 106 valence electrons. The lowest BCUT2D eigenvalue weighted by Gasteiger charge is -2.06. The largest absolute Gasteiger partial charge is 0.384 e. The molecule has 6 nitrogen and oxygen atoms in total. The van der Waals surface area contributed by atoms with Crippen LogP contribution < -0.4 is 11.5 Å². The Balaban J connectivity index is 2.19. The quantitative estimate of drug-likeness (QED) is 0.749. The van der Waals surface area contributed by atoms with Gasteiger partial charge in [-0.1, -0.05) is 18.2 Å². The first-order chi connectivity index (χ1) is 10.1. The second kappa shape index (κ2) is 4.90. The summed E-state index contributed by atoms with van der Waals surface area (Å²) in [6.45, 7) is 3.94.